The second-order valence-electron chi connectivity index (χ2n) is 7.08. The largest absolute Gasteiger partial charge is 0.489 e. The van der Waals surface area contributed by atoms with Crippen molar-refractivity contribution >= 4 is 62.1 Å². The fraction of sp³-hybridized carbons (Fsp3) is 0.174. The number of nitrogens with zero attached hydrogens (tertiary/aromatic N) is 2. The van der Waals surface area contributed by atoms with E-state index in [1.807, 2.05) is 29.0 Å². The molecule has 32 heavy (non-hydrogen) atoms. The van der Waals surface area contributed by atoms with Crippen molar-refractivity contribution in [1.82, 2.24) is 14.8 Å². The zero-order valence-corrected chi connectivity index (χ0v) is 19.5. The molecule has 1 aromatic heterocycles. The van der Waals surface area contributed by atoms with Gasteiger partial charge in [-0.15, -0.1) is 0 Å². The number of likely N-dealkylation sites (N-methyl/N-ethyl adjacent to an activating group) is 1. The summed E-state index contributed by atoms with van der Waals surface area (Å²) in [5.41, 5.74) is 1.61. The number of halogens is 2. The van der Waals surface area contributed by atoms with E-state index in [0.717, 1.165) is 15.4 Å². The number of carbonyl (C=O) groups excluding carboxylic acids is 2. The second-order valence-corrected chi connectivity index (χ2v) is 8.39. The Morgan fingerprint density at radius 2 is 2.00 bits per heavy atom. The molecule has 2 amide bonds. The highest BCUT2D eigenvalue weighted by atomic mass is 79.9. The van der Waals surface area contributed by atoms with Crippen LogP contribution in [0.25, 0.3) is 17.0 Å². The smallest absolute Gasteiger partial charge is 0.265 e. The van der Waals surface area contributed by atoms with Gasteiger partial charge in [-0.2, -0.15) is 0 Å². The van der Waals surface area contributed by atoms with Crippen molar-refractivity contribution in [2.24, 2.45) is 0 Å². The first-order valence-electron chi connectivity index (χ1n) is 9.93. The number of hydrogen-bond donors (Lipinski definition) is 1. The summed E-state index contributed by atoms with van der Waals surface area (Å²) in [5.74, 6) is -1.18. The van der Waals surface area contributed by atoms with Crippen molar-refractivity contribution in [3.05, 3.63) is 70.1 Å². The van der Waals surface area contributed by atoms with Crippen LogP contribution in [-0.2, 0) is 16.1 Å². The molecule has 1 N–H and O–H groups in total. The van der Waals surface area contributed by atoms with E-state index in [0.29, 0.717) is 18.7 Å². The van der Waals surface area contributed by atoms with Crippen molar-refractivity contribution in [2.45, 2.75) is 13.5 Å². The number of fused-ring (bicyclic) bond motifs is 1. The monoisotopic (exact) mass is 515 g/mol. The average molecular weight is 516 g/mol. The lowest BCUT2D eigenvalue weighted by Crippen LogP contribution is -2.53. The minimum atomic E-state index is -0.525. The minimum absolute atomic E-state index is 0.0158. The number of para-hydroxylation sites is 1. The predicted molar refractivity (Wildman–Crippen MR) is 128 cm³/mol. The Morgan fingerprint density at radius 3 is 2.75 bits per heavy atom. The number of benzene rings is 2. The lowest BCUT2D eigenvalue weighted by molar-refractivity contribution is -0.128. The SMILES string of the molecule is CCN1C(=O)/C(=C/c2cn(CCOc3ccccc3F)c3ccc(Br)cc23)C(=O)NC1=S. The molecule has 0 aliphatic carbocycles. The van der Waals surface area contributed by atoms with E-state index in [2.05, 4.69) is 21.2 Å². The molecule has 2 aromatic carbocycles. The maximum absolute atomic E-state index is 13.8. The van der Waals surface area contributed by atoms with Crippen LogP contribution in [0.3, 0.4) is 0 Å². The summed E-state index contributed by atoms with van der Waals surface area (Å²) in [6.45, 7) is 2.84. The Bertz CT molecular complexity index is 1270. The second kappa shape index (κ2) is 9.22. The van der Waals surface area contributed by atoms with Crippen LogP contribution in [0.15, 0.2) is 58.7 Å². The minimum Gasteiger partial charge on any atom is -0.489 e. The molecule has 6 nitrogen and oxygen atoms in total. The molecule has 1 aliphatic rings. The number of ether oxygens (including phenoxy) is 1. The van der Waals surface area contributed by atoms with Gasteiger partial charge in [-0.3, -0.25) is 19.8 Å². The van der Waals surface area contributed by atoms with E-state index in [9.17, 15) is 14.0 Å². The Labute approximate surface area is 197 Å². The molecule has 0 spiro atoms. The molecule has 3 aromatic rings. The number of amides is 2. The predicted octanol–water partition coefficient (Wildman–Crippen LogP) is 4.27. The summed E-state index contributed by atoms with van der Waals surface area (Å²) < 4.78 is 22.2. The molecule has 164 valence electrons. The lowest BCUT2D eigenvalue weighted by Gasteiger charge is -2.27. The van der Waals surface area contributed by atoms with Crippen molar-refractivity contribution in [2.75, 3.05) is 13.2 Å². The quantitative estimate of drug-likeness (QED) is 0.302. The summed E-state index contributed by atoms with van der Waals surface area (Å²) >= 11 is 8.57. The first-order valence-corrected chi connectivity index (χ1v) is 11.1. The van der Waals surface area contributed by atoms with Gasteiger partial charge in [0.25, 0.3) is 11.8 Å². The normalized spacial score (nSPS) is 15.5. The molecule has 1 aliphatic heterocycles. The van der Waals surface area contributed by atoms with Gasteiger partial charge >= 0.3 is 0 Å². The first kappa shape index (κ1) is 22.2. The lowest BCUT2D eigenvalue weighted by atomic mass is 10.1. The molecule has 0 atom stereocenters. The molecule has 0 saturated carbocycles. The van der Waals surface area contributed by atoms with Gasteiger partial charge in [-0.05, 0) is 55.5 Å². The van der Waals surface area contributed by atoms with Crippen LogP contribution in [0.1, 0.15) is 12.5 Å². The van der Waals surface area contributed by atoms with Gasteiger partial charge in [-0.25, -0.2) is 4.39 Å². The summed E-state index contributed by atoms with van der Waals surface area (Å²) in [5, 5.41) is 3.53. The third-order valence-electron chi connectivity index (χ3n) is 5.10. The Kier molecular flexibility index (Phi) is 6.38. The van der Waals surface area contributed by atoms with Crippen LogP contribution in [-0.4, -0.2) is 39.5 Å². The van der Waals surface area contributed by atoms with E-state index in [4.69, 9.17) is 17.0 Å². The van der Waals surface area contributed by atoms with Crippen molar-refractivity contribution < 1.29 is 18.7 Å². The topological polar surface area (TPSA) is 63.6 Å². The molecule has 1 fully saturated rings. The Hall–Kier alpha value is -3.04. The molecule has 2 heterocycles. The highest BCUT2D eigenvalue weighted by Crippen LogP contribution is 2.28. The van der Waals surface area contributed by atoms with Crippen molar-refractivity contribution in [3.8, 4) is 5.75 Å². The standard InChI is InChI=1S/C23H19BrFN3O3S/c1-2-28-22(30)17(21(29)26-23(28)32)11-14-13-27(19-8-7-15(24)12-16(14)19)9-10-31-20-6-4-3-5-18(20)25/h3-8,11-13H,2,9-10H2,1H3,(H,26,29,32)/b17-11+. The number of hydrogen-bond acceptors (Lipinski definition) is 4. The summed E-state index contributed by atoms with van der Waals surface area (Å²) in [6, 6.07) is 12.0. The molecule has 0 bridgehead atoms. The molecule has 1 saturated heterocycles. The molecule has 4 rings (SSSR count). The van der Waals surface area contributed by atoms with Gasteiger partial charge < -0.3 is 9.30 Å². The maximum atomic E-state index is 13.8. The number of carbonyl (C=O) groups is 2. The fourth-order valence-corrected chi connectivity index (χ4v) is 4.22. The van der Waals surface area contributed by atoms with Gasteiger partial charge in [-0.1, -0.05) is 28.1 Å². The van der Waals surface area contributed by atoms with Crippen LogP contribution in [0.4, 0.5) is 4.39 Å². The van der Waals surface area contributed by atoms with Crippen LogP contribution >= 0.6 is 28.1 Å². The highest BCUT2D eigenvalue weighted by Gasteiger charge is 2.32. The van der Waals surface area contributed by atoms with E-state index >= 15 is 0 Å². The van der Waals surface area contributed by atoms with Crippen LogP contribution < -0.4 is 10.1 Å². The molecular weight excluding hydrogens is 497 g/mol. The van der Waals surface area contributed by atoms with E-state index in [-0.39, 0.29) is 23.0 Å². The van der Waals surface area contributed by atoms with E-state index < -0.39 is 17.6 Å². The van der Waals surface area contributed by atoms with Crippen LogP contribution in [0, 0.1) is 5.82 Å². The van der Waals surface area contributed by atoms with Crippen LogP contribution in [0.2, 0.25) is 0 Å². The number of nitrogens with one attached hydrogen (secondary N) is 1. The number of thiocarbonyl (C=S) groups is 1. The average Bonchev–Trinajstić information content (AvgIpc) is 3.09. The van der Waals surface area contributed by atoms with Gasteiger partial charge in [0.2, 0.25) is 0 Å². The summed E-state index contributed by atoms with van der Waals surface area (Å²) in [6.07, 6.45) is 3.42. The maximum Gasteiger partial charge on any atom is 0.265 e. The molecule has 9 heteroatoms. The summed E-state index contributed by atoms with van der Waals surface area (Å²) in [7, 11) is 0. The molecule has 0 unspecified atom stereocenters. The van der Waals surface area contributed by atoms with Crippen molar-refractivity contribution in [3.63, 3.8) is 0 Å². The van der Waals surface area contributed by atoms with E-state index in [1.54, 1.807) is 31.2 Å². The zero-order valence-electron chi connectivity index (χ0n) is 17.1. The van der Waals surface area contributed by atoms with E-state index in [1.165, 1.54) is 11.0 Å². The Morgan fingerprint density at radius 1 is 1.22 bits per heavy atom. The van der Waals surface area contributed by atoms with Gasteiger partial charge in [0.1, 0.15) is 12.2 Å². The fourth-order valence-electron chi connectivity index (χ4n) is 3.55. The van der Waals surface area contributed by atoms with Crippen molar-refractivity contribution in [1.29, 1.82) is 0 Å². The van der Waals surface area contributed by atoms with Gasteiger partial charge in [0.05, 0.1) is 6.54 Å². The number of aromatic nitrogens is 1. The number of rotatable bonds is 6. The highest BCUT2D eigenvalue weighted by molar-refractivity contribution is 9.10. The first-order chi connectivity index (χ1) is 15.4. The zero-order chi connectivity index (χ0) is 22.8. The molecule has 0 radical (unpaired) electrons. The van der Waals surface area contributed by atoms with Gasteiger partial charge in [0, 0.05) is 33.7 Å². The molecular formula is C23H19BrFN3O3S. The third-order valence-corrected chi connectivity index (χ3v) is 5.92. The Balaban J connectivity index is 1.66. The summed E-state index contributed by atoms with van der Waals surface area (Å²) in [4.78, 5) is 26.6. The van der Waals surface area contributed by atoms with Crippen LogP contribution in [0.5, 0.6) is 5.75 Å². The third kappa shape index (κ3) is 4.31. The van der Waals surface area contributed by atoms with Gasteiger partial charge in [0.15, 0.2) is 16.7 Å².